The maximum Gasteiger partial charge on any atom is 0.226 e. The van der Waals surface area contributed by atoms with Crippen molar-refractivity contribution in [1.82, 2.24) is 19.7 Å². The van der Waals surface area contributed by atoms with Crippen molar-refractivity contribution in [2.45, 2.75) is 6.42 Å². The van der Waals surface area contributed by atoms with Gasteiger partial charge in [-0.2, -0.15) is 15.1 Å². The van der Waals surface area contributed by atoms with Crippen molar-refractivity contribution in [3.05, 3.63) is 6.20 Å². The summed E-state index contributed by atoms with van der Waals surface area (Å²) in [7, 11) is 5.39. The number of fused-ring (bicyclic) bond motifs is 1. The van der Waals surface area contributed by atoms with Crippen LogP contribution in [-0.2, 0) is 11.8 Å². The highest BCUT2D eigenvalue weighted by molar-refractivity contribution is 5.87. The molecule has 0 spiro atoms. The molecular formula is C11H18N6O. The molecule has 2 aromatic heterocycles. The molecule has 2 aromatic rings. The number of aryl methyl sites for hydroxylation is 1. The lowest BCUT2D eigenvalue weighted by molar-refractivity contribution is 0.197. The minimum atomic E-state index is 0.603. The third-order valence-electron chi connectivity index (χ3n) is 2.64. The van der Waals surface area contributed by atoms with E-state index in [4.69, 9.17) is 4.74 Å². The molecule has 7 nitrogen and oxygen atoms in total. The van der Waals surface area contributed by atoms with Crippen LogP contribution in [-0.4, -0.2) is 47.1 Å². The van der Waals surface area contributed by atoms with Crippen molar-refractivity contribution in [2.24, 2.45) is 7.05 Å². The van der Waals surface area contributed by atoms with Crippen LogP contribution in [0, 0.1) is 0 Å². The lowest BCUT2D eigenvalue weighted by atomic mass is 10.4. The quantitative estimate of drug-likeness (QED) is 0.740. The summed E-state index contributed by atoms with van der Waals surface area (Å²) >= 11 is 0. The predicted molar refractivity (Wildman–Crippen MR) is 70.8 cm³/mol. The summed E-state index contributed by atoms with van der Waals surface area (Å²) in [6.07, 6.45) is 2.67. The van der Waals surface area contributed by atoms with Gasteiger partial charge in [0.1, 0.15) is 5.82 Å². The summed E-state index contributed by atoms with van der Waals surface area (Å²) in [6.45, 7) is 1.50. The van der Waals surface area contributed by atoms with E-state index in [0.29, 0.717) is 5.95 Å². The maximum atomic E-state index is 4.99. The minimum absolute atomic E-state index is 0.603. The molecule has 0 aromatic carbocycles. The summed E-state index contributed by atoms with van der Waals surface area (Å²) in [4.78, 5) is 8.84. The van der Waals surface area contributed by atoms with E-state index in [1.54, 1.807) is 18.0 Å². The lowest BCUT2D eigenvalue weighted by Crippen LogP contribution is -2.09. The van der Waals surface area contributed by atoms with Gasteiger partial charge in [0.25, 0.3) is 0 Å². The molecule has 0 bridgehead atoms. The number of hydrogen-bond acceptors (Lipinski definition) is 6. The topological polar surface area (TPSA) is 76.9 Å². The van der Waals surface area contributed by atoms with Crippen molar-refractivity contribution in [2.75, 3.05) is 37.9 Å². The number of hydrogen-bond donors (Lipinski definition) is 2. The highest BCUT2D eigenvalue weighted by Crippen LogP contribution is 2.20. The first-order chi connectivity index (χ1) is 8.76. The second kappa shape index (κ2) is 5.63. The Bertz CT molecular complexity index is 523. The Labute approximate surface area is 106 Å². The van der Waals surface area contributed by atoms with Crippen molar-refractivity contribution in [1.29, 1.82) is 0 Å². The van der Waals surface area contributed by atoms with Gasteiger partial charge in [-0.25, -0.2) is 0 Å². The molecule has 0 radical (unpaired) electrons. The van der Waals surface area contributed by atoms with Gasteiger partial charge in [0.15, 0.2) is 5.65 Å². The molecule has 0 saturated carbocycles. The van der Waals surface area contributed by atoms with Gasteiger partial charge in [-0.05, 0) is 6.42 Å². The standard InChI is InChI=1S/C11H18N6O/c1-12-9-8-7-14-17(2)10(8)16-11(15-9)13-5-4-6-18-3/h7H,4-6H2,1-3H3,(H2,12,13,15,16). The first-order valence-corrected chi connectivity index (χ1v) is 5.86. The van der Waals surface area contributed by atoms with Crippen molar-refractivity contribution >= 4 is 22.8 Å². The normalized spacial score (nSPS) is 10.8. The fourth-order valence-corrected chi connectivity index (χ4v) is 1.71. The van der Waals surface area contributed by atoms with Crippen LogP contribution in [0.5, 0.6) is 0 Å². The summed E-state index contributed by atoms with van der Waals surface area (Å²) < 4.78 is 6.73. The van der Waals surface area contributed by atoms with Gasteiger partial charge in [0.05, 0.1) is 11.6 Å². The van der Waals surface area contributed by atoms with E-state index in [-0.39, 0.29) is 0 Å². The molecule has 7 heteroatoms. The number of ether oxygens (including phenoxy) is 1. The van der Waals surface area contributed by atoms with E-state index in [0.717, 1.165) is 36.4 Å². The zero-order valence-corrected chi connectivity index (χ0v) is 10.9. The van der Waals surface area contributed by atoms with Gasteiger partial charge < -0.3 is 15.4 Å². The number of anilines is 2. The van der Waals surface area contributed by atoms with Gasteiger partial charge in [0.2, 0.25) is 5.95 Å². The highest BCUT2D eigenvalue weighted by Gasteiger charge is 2.09. The summed E-state index contributed by atoms with van der Waals surface area (Å²) in [5.74, 6) is 1.38. The fourth-order valence-electron chi connectivity index (χ4n) is 1.71. The molecule has 0 unspecified atom stereocenters. The van der Waals surface area contributed by atoms with Crippen molar-refractivity contribution in [3.8, 4) is 0 Å². The molecule has 2 heterocycles. The molecule has 0 aliphatic rings. The Hall–Kier alpha value is -1.89. The Morgan fingerprint density at radius 2 is 2.22 bits per heavy atom. The number of rotatable bonds is 6. The molecule has 2 N–H and O–H groups in total. The molecule has 0 amide bonds. The molecule has 0 aliphatic heterocycles. The molecule has 18 heavy (non-hydrogen) atoms. The van der Waals surface area contributed by atoms with Crippen LogP contribution < -0.4 is 10.6 Å². The molecule has 0 aliphatic carbocycles. The van der Waals surface area contributed by atoms with Crippen LogP contribution >= 0.6 is 0 Å². The van der Waals surface area contributed by atoms with E-state index in [2.05, 4.69) is 25.7 Å². The van der Waals surface area contributed by atoms with Crippen LogP contribution in [0.4, 0.5) is 11.8 Å². The highest BCUT2D eigenvalue weighted by atomic mass is 16.5. The SMILES string of the molecule is CNc1nc(NCCCOC)nc2c1cnn2C. The van der Waals surface area contributed by atoms with Crippen LogP contribution in [0.15, 0.2) is 6.20 Å². The largest absolute Gasteiger partial charge is 0.385 e. The van der Waals surface area contributed by atoms with Crippen molar-refractivity contribution in [3.63, 3.8) is 0 Å². The third-order valence-corrected chi connectivity index (χ3v) is 2.64. The monoisotopic (exact) mass is 250 g/mol. The van der Waals surface area contributed by atoms with E-state index in [9.17, 15) is 0 Å². The molecule has 0 atom stereocenters. The fraction of sp³-hybridized carbons (Fsp3) is 0.545. The zero-order valence-electron chi connectivity index (χ0n) is 10.9. The van der Waals surface area contributed by atoms with Gasteiger partial charge in [-0.1, -0.05) is 0 Å². The predicted octanol–water partition coefficient (Wildman–Crippen LogP) is 0.853. The Morgan fingerprint density at radius 3 is 2.94 bits per heavy atom. The van der Waals surface area contributed by atoms with Gasteiger partial charge in [0, 0.05) is 34.4 Å². The smallest absolute Gasteiger partial charge is 0.226 e. The maximum absolute atomic E-state index is 4.99. The molecule has 98 valence electrons. The number of nitrogens with zero attached hydrogens (tertiary/aromatic N) is 4. The van der Waals surface area contributed by atoms with Gasteiger partial charge in [-0.3, -0.25) is 4.68 Å². The first-order valence-electron chi connectivity index (χ1n) is 5.86. The Morgan fingerprint density at radius 1 is 1.39 bits per heavy atom. The first kappa shape index (κ1) is 12.6. The van der Waals surface area contributed by atoms with Gasteiger partial charge in [-0.15, -0.1) is 0 Å². The second-order valence-corrected chi connectivity index (χ2v) is 3.92. The summed E-state index contributed by atoms with van der Waals surface area (Å²) in [6, 6.07) is 0. The zero-order chi connectivity index (χ0) is 13.0. The van der Waals surface area contributed by atoms with E-state index < -0.39 is 0 Å². The van der Waals surface area contributed by atoms with Crippen LogP contribution in [0.2, 0.25) is 0 Å². The van der Waals surface area contributed by atoms with Crippen molar-refractivity contribution < 1.29 is 4.74 Å². The average molecular weight is 250 g/mol. The number of methoxy groups -OCH3 is 1. The lowest BCUT2D eigenvalue weighted by Gasteiger charge is -2.07. The minimum Gasteiger partial charge on any atom is -0.385 e. The van der Waals surface area contributed by atoms with Crippen LogP contribution in [0.3, 0.4) is 0 Å². The third kappa shape index (κ3) is 2.51. The van der Waals surface area contributed by atoms with E-state index in [1.165, 1.54) is 0 Å². The number of aromatic nitrogens is 4. The van der Waals surface area contributed by atoms with E-state index in [1.807, 2.05) is 14.1 Å². The molecule has 2 rings (SSSR count). The molecule has 0 saturated heterocycles. The molecular weight excluding hydrogens is 232 g/mol. The molecule has 0 fully saturated rings. The Kier molecular flexibility index (Phi) is 3.93. The van der Waals surface area contributed by atoms with Gasteiger partial charge >= 0.3 is 0 Å². The second-order valence-electron chi connectivity index (χ2n) is 3.92. The summed E-state index contributed by atoms with van der Waals surface area (Å²) in [5.41, 5.74) is 0.809. The van der Waals surface area contributed by atoms with E-state index >= 15 is 0 Å². The summed E-state index contributed by atoms with van der Waals surface area (Å²) in [5, 5.41) is 11.3. The average Bonchev–Trinajstić information content (AvgIpc) is 2.76. The number of nitrogens with one attached hydrogen (secondary N) is 2. The van der Waals surface area contributed by atoms with Crippen LogP contribution in [0.1, 0.15) is 6.42 Å². The Balaban J connectivity index is 2.20. The van der Waals surface area contributed by atoms with Crippen LogP contribution in [0.25, 0.3) is 11.0 Å².